The van der Waals surface area contributed by atoms with Crippen LogP contribution in [0, 0.1) is 11.8 Å². The monoisotopic (exact) mass is 239 g/mol. The standard InChI is InChI=1S/C14H25NO2/c1-11-8-12(2)10-15(9-11)14(13(16)17)6-4-3-5-7-14/h11-12H,3-10H2,1-2H3,(H,16,17). The predicted octanol–water partition coefficient (Wildman–Crippen LogP) is 2.75. The van der Waals surface area contributed by atoms with Crippen LogP contribution in [0.15, 0.2) is 0 Å². The number of nitrogens with zero attached hydrogens (tertiary/aromatic N) is 1. The SMILES string of the molecule is CC1CC(C)CN(C2(C(=O)O)CCCCC2)C1. The minimum atomic E-state index is -0.585. The Kier molecular flexibility index (Phi) is 3.76. The van der Waals surface area contributed by atoms with E-state index < -0.39 is 11.5 Å². The maximum Gasteiger partial charge on any atom is 0.324 e. The quantitative estimate of drug-likeness (QED) is 0.805. The number of aliphatic carboxylic acids is 1. The van der Waals surface area contributed by atoms with Crippen molar-refractivity contribution in [3.63, 3.8) is 0 Å². The summed E-state index contributed by atoms with van der Waals surface area (Å²) in [5.74, 6) is 0.687. The minimum Gasteiger partial charge on any atom is -0.480 e. The zero-order valence-corrected chi connectivity index (χ0v) is 11.1. The second-order valence-corrected chi connectivity index (χ2v) is 6.25. The number of carboxylic acid groups (broad SMARTS) is 1. The number of likely N-dealkylation sites (tertiary alicyclic amines) is 1. The summed E-state index contributed by atoms with van der Waals surface area (Å²) < 4.78 is 0. The number of piperidine rings is 1. The molecular weight excluding hydrogens is 214 g/mol. The Morgan fingerprint density at radius 1 is 1.12 bits per heavy atom. The maximum absolute atomic E-state index is 11.7. The van der Waals surface area contributed by atoms with Crippen LogP contribution in [-0.4, -0.2) is 34.6 Å². The smallest absolute Gasteiger partial charge is 0.324 e. The van der Waals surface area contributed by atoms with Crippen LogP contribution < -0.4 is 0 Å². The molecular formula is C14H25NO2. The van der Waals surface area contributed by atoms with E-state index in [1.807, 2.05) is 0 Å². The van der Waals surface area contributed by atoms with Gasteiger partial charge in [-0.3, -0.25) is 9.69 Å². The van der Waals surface area contributed by atoms with Crippen LogP contribution >= 0.6 is 0 Å². The molecule has 2 aliphatic rings. The average molecular weight is 239 g/mol. The summed E-state index contributed by atoms with van der Waals surface area (Å²) >= 11 is 0. The lowest BCUT2D eigenvalue weighted by molar-refractivity contribution is -0.156. The third kappa shape index (κ3) is 2.49. The van der Waals surface area contributed by atoms with Crippen LogP contribution in [0.2, 0.25) is 0 Å². The molecule has 3 nitrogen and oxygen atoms in total. The molecule has 2 atom stereocenters. The molecule has 0 spiro atoms. The molecule has 2 rings (SSSR count). The van der Waals surface area contributed by atoms with Gasteiger partial charge in [0.1, 0.15) is 5.54 Å². The first-order valence-electron chi connectivity index (χ1n) is 7.03. The summed E-state index contributed by atoms with van der Waals surface area (Å²) in [6.07, 6.45) is 6.29. The van der Waals surface area contributed by atoms with Crippen molar-refractivity contribution < 1.29 is 9.90 Å². The van der Waals surface area contributed by atoms with Gasteiger partial charge in [-0.15, -0.1) is 0 Å². The summed E-state index contributed by atoms with van der Waals surface area (Å²) in [6.45, 7) is 6.44. The maximum atomic E-state index is 11.7. The van der Waals surface area contributed by atoms with Crippen LogP contribution in [0.3, 0.4) is 0 Å². The zero-order valence-electron chi connectivity index (χ0n) is 11.1. The van der Waals surface area contributed by atoms with E-state index in [2.05, 4.69) is 18.7 Å². The highest BCUT2D eigenvalue weighted by Gasteiger charge is 2.46. The van der Waals surface area contributed by atoms with Gasteiger partial charge in [0, 0.05) is 13.1 Å². The summed E-state index contributed by atoms with van der Waals surface area (Å²) in [7, 11) is 0. The minimum absolute atomic E-state index is 0.540. The highest BCUT2D eigenvalue weighted by Crippen LogP contribution is 2.37. The van der Waals surface area contributed by atoms with Gasteiger partial charge < -0.3 is 5.11 Å². The van der Waals surface area contributed by atoms with E-state index in [9.17, 15) is 9.90 Å². The molecule has 0 aromatic carbocycles. The van der Waals surface area contributed by atoms with Crippen molar-refractivity contribution in [3.05, 3.63) is 0 Å². The highest BCUT2D eigenvalue weighted by molar-refractivity contribution is 5.79. The Balaban J connectivity index is 2.17. The molecule has 1 saturated heterocycles. The van der Waals surface area contributed by atoms with Gasteiger partial charge >= 0.3 is 5.97 Å². The Morgan fingerprint density at radius 3 is 2.12 bits per heavy atom. The molecule has 98 valence electrons. The van der Waals surface area contributed by atoms with E-state index >= 15 is 0 Å². The molecule has 1 aliphatic carbocycles. The first kappa shape index (κ1) is 12.9. The van der Waals surface area contributed by atoms with Crippen molar-refractivity contribution in [1.82, 2.24) is 4.90 Å². The summed E-state index contributed by atoms with van der Waals surface area (Å²) in [5.41, 5.74) is -0.540. The van der Waals surface area contributed by atoms with E-state index in [4.69, 9.17) is 0 Å². The number of carboxylic acids is 1. The molecule has 2 fully saturated rings. The molecule has 1 heterocycles. The van der Waals surface area contributed by atoms with Crippen LogP contribution in [0.5, 0.6) is 0 Å². The fourth-order valence-corrected chi connectivity index (χ4v) is 3.81. The van der Waals surface area contributed by atoms with Crippen molar-refractivity contribution in [3.8, 4) is 0 Å². The van der Waals surface area contributed by atoms with E-state index in [-0.39, 0.29) is 0 Å². The van der Waals surface area contributed by atoms with Crippen LogP contribution in [0.25, 0.3) is 0 Å². The molecule has 1 aliphatic heterocycles. The van der Waals surface area contributed by atoms with Gasteiger partial charge in [-0.2, -0.15) is 0 Å². The fourth-order valence-electron chi connectivity index (χ4n) is 3.81. The van der Waals surface area contributed by atoms with Crippen LogP contribution in [-0.2, 0) is 4.79 Å². The molecule has 0 amide bonds. The summed E-state index contributed by atoms with van der Waals surface area (Å²) in [6, 6.07) is 0. The lowest BCUT2D eigenvalue weighted by atomic mass is 9.77. The molecule has 2 unspecified atom stereocenters. The third-order valence-corrected chi connectivity index (χ3v) is 4.55. The lowest BCUT2D eigenvalue weighted by Crippen LogP contribution is -2.59. The first-order valence-corrected chi connectivity index (χ1v) is 7.03. The van der Waals surface area contributed by atoms with Gasteiger partial charge in [0.25, 0.3) is 0 Å². The van der Waals surface area contributed by atoms with Crippen molar-refractivity contribution in [2.75, 3.05) is 13.1 Å². The number of hydrogen-bond donors (Lipinski definition) is 1. The highest BCUT2D eigenvalue weighted by atomic mass is 16.4. The molecule has 0 radical (unpaired) electrons. The lowest BCUT2D eigenvalue weighted by Gasteiger charge is -2.48. The van der Waals surface area contributed by atoms with Gasteiger partial charge in [-0.25, -0.2) is 0 Å². The normalized spacial score (nSPS) is 34.5. The summed E-state index contributed by atoms with van der Waals surface area (Å²) in [5, 5.41) is 9.67. The van der Waals surface area contributed by atoms with Crippen molar-refractivity contribution in [1.29, 1.82) is 0 Å². The van der Waals surface area contributed by atoms with E-state index in [1.54, 1.807) is 0 Å². The Labute approximate surface area is 104 Å². The average Bonchev–Trinajstić information content (AvgIpc) is 2.28. The number of hydrogen-bond acceptors (Lipinski definition) is 2. The van der Waals surface area contributed by atoms with Gasteiger partial charge in [-0.05, 0) is 31.1 Å². The second kappa shape index (κ2) is 4.97. The van der Waals surface area contributed by atoms with Gasteiger partial charge in [0.05, 0.1) is 0 Å². The molecule has 0 aromatic rings. The molecule has 3 heteroatoms. The van der Waals surface area contributed by atoms with E-state index in [1.165, 1.54) is 12.8 Å². The molecule has 17 heavy (non-hydrogen) atoms. The van der Waals surface area contributed by atoms with Crippen molar-refractivity contribution in [2.45, 2.75) is 57.9 Å². The molecule has 0 aromatic heterocycles. The molecule has 1 saturated carbocycles. The van der Waals surface area contributed by atoms with Gasteiger partial charge in [-0.1, -0.05) is 33.1 Å². The first-order chi connectivity index (χ1) is 8.04. The van der Waals surface area contributed by atoms with E-state index in [0.717, 1.165) is 38.8 Å². The second-order valence-electron chi connectivity index (χ2n) is 6.25. The Hall–Kier alpha value is -0.570. The third-order valence-electron chi connectivity index (χ3n) is 4.55. The largest absolute Gasteiger partial charge is 0.480 e. The number of carbonyl (C=O) groups is 1. The van der Waals surface area contributed by atoms with Crippen LogP contribution in [0.4, 0.5) is 0 Å². The van der Waals surface area contributed by atoms with Gasteiger partial charge in [0.2, 0.25) is 0 Å². The Morgan fingerprint density at radius 2 is 1.65 bits per heavy atom. The van der Waals surface area contributed by atoms with E-state index in [0.29, 0.717) is 11.8 Å². The van der Waals surface area contributed by atoms with Crippen molar-refractivity contribution in [2.24, 2.45) is 11.8 Å². The Bertz CT molecular complexity index is 274. The topological polar surface area (TPSA) is 40.5 Å². The van der Waals surface area contributed by atoms with Gasteiger partial charge in [0.15, 0.2) is 0 Å². The fraction of sp³-hybridized carbons (Fsp3) is 0.929. The molecule has 0 bridgehead atoms. The van der Waals surface area contributed by atoms with Crippen LogP contribution in [0.1, 0.15) is 52.4 Å². The van der Waals surface area contributed by atoms with Crippen molar-refractivity contribution >= 4 is 5.97 Å². The predicted molar refractivity (Wildman–Crippen MR) is 68.0 cm³/mol. The summed E-state index contributed by atoms with van der Waals surface area (Å²) in [4.78, 5) is 14.0. The zero-order chi connectivity index (χ0) is 12.5. The number of rotatable bonds is 2. The molecule has 1 N–H and O–H groups in total.